The maximum Gasteiger partial charge on any atom is 0.245 e. The zero-order valence-electron chi connectivity index (χ0n) is 16.0. The predicted molar refractivity (Wildman–Crippen MR) is 108 cm³/mol. The molecule has 0 spiro atoms. The average molecular weight is 378 g/mol. The first-order valence-corrected chi connectivity index (χ1v) is 9.79. The number of carbonyl (C=O) groups excluding carboxylic acids is 3. The van der Waals surface area contributed by atoms with E-state index in [-0.39, 0.29) is 24.9 Å². The van der Waals surface area contributed by atoms with E-state index in [0.717, 1.165) is 18.4 Å². The third-order valence-corrected chi connectivity index (χ3v) is 5.18. The van der Waals surface area contributed by atoms with E-state index in [1.807, 2.05) is 48.5 Å². The van der Waals surface area contributed by atoms with Crippen LogP contribution in [0.25, 0.3) is 0 Å². The maximum atomic E-state index is 13.0. The van der Waals surface area contributed by atoms with E-state index >= 15 is 0 Å². The number of aldehydes is 1. The van der Waals surface area contributed by atoms with Crippen molar-refractivity contribution in [3.05, 3.63) is 71.8 Å². The van der Waals surface area contributed by atoms with Gasteiger partial charge in [0, 0.05) is 6.54 Å². The Hall–Kier alpha value is -2.95. The summed E-state index contributed by atoms with van der Waals surface area (Å²) in [6.07, 6.45) is 3.59. The Kier molecular flexibility index (Phi) is 6.95. The van der Waals surface area contributed by atoms with Crippen LogP contribution in [0.5, 0.6) is 0 Å². The van der Waals surface area contributed by atoms with Crippen molar-refractivity contribution in [2.24, 2.45) is 0 Å². The van der Waals surface area contributed by atoms with E-state index in [9.17, 15) is 14.4 Å². The standard InChI is InChI=1S/C23H26N2O3/c26-17-16-25-21(14-13-20-10-5-2-6-11-20)23(28)24(18-22(25)27)15-7-12-19-8-3-1-4-9-19/h1-6,8-11,17,21H,7,12-16,18H2/t21-/m0/s1. The van der Waals surface area contributed by atoms with Gasteiger partial charge in [-0.1, -0.05) is 60.7 Å². The molecule has 3 rings (SSSR count). The van der Waals surface area contributed by atoms with Crippen molar-refractivity contribution in [1.29, 1.82) is 0 Å². The number of amides is 2. The molecule has 0 unspecified atom stereocenters. The number of carbonyl (C=O) groups is 3. The second-order valence-corrected chi connectivity index (χ2v) is 7.10. The summed E-state index contributed by atoms with van der Waals surface area (Å²) in [4.78, 5) is 39.7. The van der Waals surface area contributed by atoms with Crippen LogP contribution in [0.1, 0.15) is 24.0 Å². The van der Waals surface area contributed by atoms with Crippen molar-refractivity contribution in [2.75, 3.05) is 19.6 Å². The average Bonchev–Trinajstić information content (AvgIpc) is 2.73. The van der Waals surface area contributed by atoms with Gasteiger partial charge in [-0.05, 0) is 36.8 Å². The summed E-state index contributed by atoms with van der Waals surface area (Å²) >= 11 is 0. The summed E-state index contributed by atoms with van der Waals surface area (Å²) in [5.74, 6) is -0.199. The third-order valence-electron chi connectivity index (χ3n) is 5.18. The fourth-order valence-corrected chi connectivity index (χ4v) is 3.69. The fraction of sp³-hybridized carbons (Fsp3) is 0.348. The Balaban J connectivity index is 1.63. The third kappa shape index (κ3) is 5.06. The number of hydrogen-bond donors (Lipinski definition) is 0. The molecule has 0 N–H and O–H groups in total. The molecule has 2 amide bonds. The van der Waals surface area contributed by atoms with Gasteiger partial charge >= 0.3 is 0 Å². The highest BCUT2D eigenvalue weighted by molar-refractivity contribution is 5.95. The van der Waals surface area contributed by atoms with Gasteiger partial charge in [0.05, 0.1) is 13.1 Å². The largest absolute Gasteiger partial charge is 0.332 e. The Morgan fingerprint density at radius 3 is 2.11 bits per heavy atom. The van der Waals surface area contributed by atoms with E-state index in [1.165, 1.54) is 10.5 Å². The lowest BCUT2D eigenvalue weighted by Crippen LogP contribution is -2.60. The van der Waals surface area contributed by atoms with Crippen LogP contribution in [0, 0.1) is 0 Å². The zero-order chi connectivity index (χ0) is 19.8. The van der Waals surface area contributed by atoms with Gasteiger partial charge in [0.15, 0.2) is 0 Å². The Bertz CT molecular complexity index is 792. The normalized spacial score (nSPS) is 17.1. The molecule has 2 aromatic carbocycles. The van der Waals surface area contributed by atoms with Gasteiger partial charge < -0.3 is 14.6 Å². The molecule has 1 aliphatic heterocycles. The number of rotatable bonds is 9. The van der Waals surface area contributed by atoms with E-state index in [2.05, 4.69) is 12.1 Å². The fourth-order valence-electron chi connectivity index (χ4n) is 3.69. The lowest BCUT2D eigenvalue weighted by Gasteiger charge is -2.39. The quantitative estimate of drug-likeness (QED) is 0.630. The highest BCUT2D eigenvalue weighted by atomic mass is 16.2. The van der Waals surface area contributed by atoms with Gasteiger partial charge in [-0.15, -0.1) is 0 Å². The van der Waals surface area contributed by atoms with E-state index < -0.39 is 6.04 Å². The molecule has 28 heavy (non-hydrogen) atoms. The Labute approximate surface area is 166 Å². The van der Waals surface area contributed by atoms with E-state index in [0.29, 0.717) is 25.7 Å². The SMILES string of the molecule is O=CCN1C(=O)CN(CCCc2ccccc2)C(=O)[C@@H]1CCc1ccccc1. The molecular formula is C23H26N2O3. The minimum Gasteiger partial charge on any atom is -0.332 e. The molecule has 0 aromatic heterocycles. The monoisotopic (exact) mass is 378 g/mol. The molecule has 1 saturated heterocycles. The van der Waals surface area contributed by atoms with Crippen molar-refractivity contribution in [1.82, 2.24) is 9.80 Å². The molecular weight excluding hydrogens is 352 g/mol. The minimum absolute atomic E-state index is 0.0259. The topological polar surface area (TPSA) is 57.7 Å². The van der Waals surface area contributed by atoms with Crippen LogP contribution in [0.4, 0.5) is 0 Å². The van der Waals surface area contributed by atoms with Gasteiger partial charge in [0.25, 0.3) is 0 Å². The highest BCUT2D eigenvalue weighted by Gasteiger charge is 2.38. The summed E-state index contributed by atoms with van der Waals surface area (Å²) < 4.78 is 0. The lowest BCUT2D eigenvalue weighted by molar-refractivity contribution is -0.156. The molecule has 5 heteroatoms. The predicted octanol–water partition coefficient (Wildman–Crippen LogP) is 2.49. The molecule has 0 saturated carbocycles. The number of nitrogens with zero attached hydrogens (tertiary/aromatic N) is 2. The van der Waals surface area contributed by atoms with Gasteiger partial charge in [0.2, 0.25) is 11.8 Å². The Morgan fingerprint density at radius 1 is 0.893 bits per heavy atom. The summed E-state index contributed by atoms with van der Waals surface area (Å²) in [5, 5.41) is 0. The molecule has 146 valence electrons. The second-order valence-electron chi connectivity index (χ2n) is 7.10. The van der Waals surface area contributed by atoms with Crippen LogP contribution in [0.2, 0.25) is 0 Å². The molecule has 1 atom stereocenters. The summed E-state index contributed by atoms with van der Waals surface area (Å²) in [6, 6.07) is 19.4. The first-order valence-electron chi connectivity index (χ1n) is 9.79. The van der Waals surface area contributed by atoms with Crippen molar-refractivity contribution in [3.63, 3.8) is 0 Å². The van der Waals surface area contributed by atoms with Gasteiger partial charge in [-0.3, -0.25) is 9.59 Å². The van der Waals surface area contributed by atoms with Crippen molar-refractivity contribution in [3.8, 4) is 0 Å². The van der Waals surface area contributed by atoms with Crippen molar-refractivity contribution >= 4 is 18.1 Å². The van der Waals surface area contributed by atoms with Crippen LogP contribution < -0.4 is 0 Å². The minimum atomic E-state index is -0.566. The molecule has 0 aliphatic carbocycles. The van der Waals surface area contributed by atoms with Crippen molar-refractivity contribution in [2.45, 2.75) is 31.7 Å². The first kappa shape index (κ1) is 19.8. The summed E-state index contributed by atoms with van der Waals surface area (Å²) in [7, 11) is 0. The van der Waals surface area contributed by atoms with E-state index in [1.54, 1.807) is 4.90 Å². The number of piperazine rings is 1. The smallest absolute Gasteiger partial charge is 0.245 e. The van der Waals surface area contributed by atoms with Gasteiger partial charge in [0.1, 0.15) is 12.3 Å². The first-order chi connectivity index (χ1) is 13.7. The summed E-state index contributed by atoms with van der Waals surface area (Å²) in [5.41, 5.74) is 2.34. The number of benzene rings is 2. The van der Waals surface area contributed by atoms with E-state index in [4.69, 9.17) is 0 Å². The molecule has 5 nitrogen and oxygen atoms in total. The van der Waals surface area contributed by atoms with Crippen molar-refractivity contribution < 1.29 is 14.4 Å². The molecule has 1 heterocycles. The molecule has 1 aliphatic rings. The highest BCUT2D eigenvalue weighted by Crippen LogP contribution is 2.18. The maximum absolute atomic E-state index is 13.0. The van der Waals surface area contributed by atoms with Crippen LogP contribution in [0.15, 0.2) is 60.7 Å². The van der Waals surface area contributed by atoms with Crippen LogP contribution >= 0.6 is 0 Å². The van der Waals surface area contributed by atoms with Crippen LogP contribution in [0.3, 0.4) is 0 Å². The number of aryl methyl sites for hydroxylation is 2. The van der Waals surface area contributed by atoms with Gasteiger partial charge in [-0.2, -0.15) is 0 Å². The Morgan fingerprint density at radius 2 is 1.50 bits per heavy atom. The number of hydrogen-bond acceptors (Lipinski definition) is 3. The van der Waals surface area contributed by atoms with Crippen LogP contribution in [-0.2, 0) is 27.2 Å². The molecule has 2 aromatic rings. The van der Waals surface area contributed by atoms with Crippen LogP contribution in [-0.4, -0.2) is 53.6 Å². The zero-order valence-corrected chi connectivity index (χ0v) is 16.0. The molecule has 0 bridgehead atoms. The van der Waals surface area contributed by atoms with Gasteiger partial charge in [-0.25, -0.2) is 0 Å². The molecule has 1 fully saturated rings. The molecule has 0 radical (unpaired) electrons. The lowest BCUT2D eigenvalue weighted by atomic mass is 10.0. The summed E-state index contributed by atoms with van der Waals surface area (Å²) in [6.45, 7) is 0.585. The second kappa shape index (κ2) is 9.83.